The fourth-order valence-electron chi connectivity index (χ4n) is 4.96. The SMILES string of the molecule is Cl.NC12CC3CC(CC(C3)C1)C2.O=C(O)c1cccc(C(=O)O)c1. The van der Waals surface area contributed by atoms with Crippen LogP contribution in [-0.4, -0.2) is 27.7 Å². The summed E-state index contributed by atoms with van der Waals surface area (Å²) in [5.74, 6) is 0.806. The van der Waals surface area contributed by atoms with Crippen molar-refractivity contribution < 1.29 is 19.8 Å². The summed E-state index contributed by atoms with van der Waals surface area (Å²) < 4.78 is 0. The number of aromatic carboxylic acids is 2. The number of nitrogens with two attached hydrogens (primary N) is 1. The molecule has 0 aromatic heterocycles. The van der Waals surface area contributed by atoms with E-state index in [1.807, 2.05) is 0 Å². The van der Waals surface area contributed by atoms with Gasteiger partial charge in [-0.2, -0.15) is 0 Å². The van der Waals surface area contributed by atoms with Crippen molar-refractivity contribution in [3.63, 3.8) is 0 Å². The van der Waals surface area contributed by atoms with Gasteiger partial charge >= 0.3 is 11.9 Å². The van der Waals surface area contributed by atoms with E-state index in [0.29, 0.717) is 5.54 Å². The third-order valence-electron chi connectivity index (χ3n) is 5.44. The molecule has 0 radical (unpaired) electrons. The zero-order valence-electron chi connectivity index (χ0n) is 13.5. The molecule has 0 amide bonds. The van der Waals surface area contributed by atoms with Crippen molar-refractivity contribution in [1.82, 2.24) is 0 Å². The number of hydrogen-bond acceptors (Lipinski definition) is 3. The van der Waals surface area contributed by atoms with Gasteiger partial charge in [-0.3, -0.25) is 0 Å². The Morgan fingerprint density at radius 1 is 0.917 bits per heavy atom. The van der Waals surface area contributed by atoms with Crippen LogP contribution in [0.1, 0.15) is 59.2 Å². The molecule has 4 fully saturated rings. The summed E-state index contributed by atoms with van der Waals surface area (Å²) in [4.78, 5) is 20.8. The Labute approximate surface area is 147 Å². The maximum atomic E-state index is 10.4. The molecule has 4 aliphatic carbocycles. The summed E-state index contributed by atoms with van der Waals surface area (Å²) in [6.07, 6.45) is 8.57. The van der Waals surface area contributed by atoms with E-state index in [0.717, 1.165) is 23.8 Å². The van der Waals surface area contributed by atoms with Gasteiger partial charge in [-0.05, 0) is 74.5 Å². The van der Waals surface area contributed by atoms with Crippen molar-refractivity contribution in [2.45, 2.75) is 44.1 Å². The van der Waals surface area contributed by atoms with Gasteiger partial charge < -0.3 is 15.9 Å². The molecule has 0 aliphatic heterocycles. The number of hydrogen-bond donors (Lipinski definition) is 3. The molecule has 0 heterocycles. The Hall–Kier alpha value is -1.59. The first-order valence-electron chi connectivity index (χ1n) is 8.20. The molecular weight excluding hydrogens is 330 g/mol. The molecule has 5 rings (SSSR count). The molecule has 1 aromatic rings. The van der Waals surface area contributed by atoms with Gasteiger partial charge in [0.05, 0.1) is 11.1 Å². The molecule has 0 spiro atoms. The van der Waals surface area contributed by atoms with Crippen LogP contribution < -0.4 is 5.73 Å². The van der Waals surface area contributed by atoms with Crippen molar-refractivity contribution in [2.75, 3.05) is 0 Å². The van der Waals surface area contributed by atoms with Gasteiger partial charge in [-0.15, -0.1) is 12.4 Å². The molecule has 6 heteroatoms. The van der Waals surface area contributed by atoms with E-state index < -0.39 is 11.9 Å². The quantitative estimate of drug-likeness (QED) is 0.756. The van der Waals surface area contributed by atoms with Crippen molar-refractivity contribution in [2.24, 2.45) is 23.5 Å². The van der Waals surface area contributed by atoms with E-state index in [1.54, 1.807) is 0 Å². The second-order valence-corrected chi connectivity index (χ2v) is 7.47. The largest absolute Gasteiger partial charge is 0.478 e. The van der Waals surface area contributed by atoms with Crippen LogP contribution in [0.5, 0.6) is 0 Å². The summed E-state index contributed by atoms with van der Waals surface area (Å²) in [6, 6.07) is 5.20. The molecule has 0 saturated heterocycles. The Morgan fingerprint density at radius 3 is 1.58 bits per heavy atom. The van der Waals surface area contributed by atoms with Crippen LogP contribution in [0, 0.1) is 17.8 Å². The molecule has 4 saturated carbocycles. The minimum atomic E-state index is -1.13. The Bertz CT molecular complexity index is 567. The Kier molecular flexibility index (Phi) is 5.56. The second-order valence-electron chi connectivity index (χ2n) is 7.47. The highest BCUT2D eigenvalue weighted by Crippen LogP contribution is 2.54. The predicted octanol–water partition coefficient (Wildman–Crippen LogP) is 3.42. The number of benzene rings is 1. The topological polar surface area (TPSA) is 101 Å². The second kappa shape index (κ2) is 7.11. The van der Waals surface area contributed by atoms with E-state index in [2.05, 4.69) is 0 Å². The standard InChI is InChI=1S/C10H17N.C8H6O4.ClH/c11-10-4-7-1-8(5-10)3-9(2-7)6-10;9-7(10)5-2-1-3-6(4-5)8(11)12;/h7-9H,1-6,11H2;1-4H,(H,9,10)(H,11,12);1H. The smallest absolute Gasteiger partial charge is 0.335 e. The fourth-order valence-corrected chi connectivity index (χ4v) is 4.96. The number of rotatable bonds is 2. The zero-order chi connectivity index (χ0) is 16.6. The summed E-state index contributed by atoms with van der Waals surface area (Å²) >= 11 is 0. The molecule has 24 heavy (non-hydrogen) atoms. The molecule has 1 aromatic carbocycles. The van der Waals surface area contributed by atoms with Crippen molar-refractivity contribution in [1.29, 1.82) is 0 Å². The normalized spacial score (nSPS) is 32.3. The molecule has 0 unspecified atom stereocenters. The van der Waals surface area contributed by atoms with Gasteiger partial charge in [-0.1, -0.05) is 6.07 Å². The predicted molar refractivity (Wildman–Crippen MR) is 92.7 cm³/mol. The van der Waals surface area contributed by atoms with Crippen molar-refractivity contribution >= 4 is 24.3 Å². The van der Waals surface area contributed by atoms with E-state index in [9.17, 15) is 9.59 Å². The lowest BCUT2D eigenvalue weighted by molar-refractivity contribution is 0.000359. The number of carboxylic acids is 2. The first kappa shape index (κ1) is 18.7. The Balaban J connectivity index is 0.000000167. The molecule has 4 bridgehead atoms. The van der Waals surface area contributed by atoms with Crippen LogP contribution in [0.25, 0.3) is 0 Å². The third-order valence-corrected chi connectivity index (χ3v) is 5.44. The third kappa shape index (κ3) is 4.08. The van der Waals surface area contributed by atoms with Gasteiger partial charge in [0.1, 0.15) is 0 Å². The minimum Gasteiger partial charge on any atom is -0.478 e. The highest BCUT2D eigenvalue weighted by Gasteiger charge is 2.48. The fraction of sp³-hybridized carbons (Fsp3) is 0.556. The van der Waals surface area contributed by atoms with Crippen LogP contribution in [0.4, 0.5) is 0 Å². The zero-order valence-corrected chi connectivity index (χ0v) is 14.3. The molecule has 4 aliphatic rings. The average Bonchev–Trinajstić information content (AvgIpc) is 2.45. The molecule has 5 nitrogen and oxygen atoms in total. The van der Waals surface area contributed by atoms with E-state index in [4.69, 9.17) is 15.9 Å². The van der Waals surface area contributed by atoms with Crippen LogP contribution >= 0.6 is 12.4 Å². The number of carboxylic acid groups (broad SMARTS) is 2. The average molecular weight is 354 g/mol. The van der Waals surface area contributed by atoms with E-state index in [-0.39, 0.29) is 23.5 Å². The lowest BCUT2D eigenvalue weighted by Crippen LogP contribution is -2.55. The highest BCUT2D eigenvalue weighted by atomic mass is 35.5. The maximum absolute atomic E-state index is 10.4. The lowest BCUT2D eigenvalue weighted by atomic mass is 9.53. The lowest BCUT2D eigenvalue weighted by Gasteiger charge is -2.55. The summed E-state index contributed by atoms with van der Waals surface area (Å²) in [6.45, 7) is 0. The number of carbonyl (C=O) groups is 2. The highest BCUT2D eigenvalue weighted by molar-refractivity contribution is 5.93. The summed E-state index contributed by atoms with van der Waals surface area (Å²) in [5.41, 5.74) is 6.58. The first-order chi connectivity index (χ1) is 10.8. The first-order valence-corrected chi connectivity index (χ1v) is 8.20. The van der Waals surface area contributed by atoms with Crippen molar-refractivity contribution in [3.8, 4) is 0 Å². The summed E-state index contributed by atoms with van der Waals surface area (Å²) in [7, 11) is 0. The van der Waals surface area contributed by atoms with E-state index in [1.165, 1.54) is 56.7 Å². The minimum absolute atomic E-state index is 0. The molecular formula is C18H24ClNO4. The Morgan fingerprint density at radius 2 is 1.29 bits per heavy atom. The number of halogens is 1. The van der Waals surface area contributed by atoms with Gasteiger partial charge in [0.2, 0.25) is 0 Å². The van der Waals surface area contributed by atoms with E-state index >= 15 is 0 Å². The molecule has 4 N–H and O–H groups in total. The van der Waals surface area contributed by atoms with Gasteiger partial charge in [0.25, 0.3) is 0 Å². The summed E-state index contributed by atoms with van der Waals surface area (Å²) in [5, 5.41) is 17.0. The van der Waals surface area contributed by atoms with Gasteiger partial charge in [0, 0.05) is 5.54 Å². The van der Waals surface area contributed by atoms with Crippen molar-refractivity contribution in [3.05, 3.63) is 35.4 Å². The van der Waals surface area contributed by atoms with Crippen LogP contribution in [0.3, 0.4) is 0 Å². The van der Waals surface area contributed by atoms with Crippen LogP contribution in [0.2, 0.25) is 0 Å². The van der Waals surface area contributed by atoms with Gasteiger partial charge in [-0.25, -0.2) is 9.59 Å². The van der Waals surface area contributed by atoms with Crippen LogP contribution in [-0.2, 0) is 0 Å². The monoisotopic (exact) mass is 353 g/mol. The van der Waals surface area contributed by atoms with Gasteiger partial charge in [0.15, 0.2) is 0 Å². The maximum Gasteiger partial charge on any atom is 0.335 e. The van der Waals surface area contributed by atoms with Crippen LogP contribution in [0.15, 0.2) is 24.3 Å². The molecule has 132 valence electrons. The molecule has 0 atom stereocenters.